The van der Waals surface area contributed by atoms with Crippen LogP contribution in [0.25, 0.3) is 10.9 Å². The summed E-state index contributed by atoms with van der Waals surface area (Å²) in [5.74, 6) is -0.864. The Bertz CT molecular complexity index is 759. The fourth-order valence-corrected chi connectivity index (χ4v) is 2.76. The van der Waals surface area contributed by atoms with Crippen molar-refractivity contribution in [3.63, 3.8) is 0 Å². The van der Waals surface area contributed by atoms with Crippen LogP contribution in [0.3, 0.4) is 0 Å². The first-order valence-corrected chi connectivity index (χ1v) is 6.57. The summed E-state index contributed by atoms with van der Waals surface area (Å²) < 4.78 is 6.51. The molecule has 0 spiro atoms. The van der Waals surface area contributed by atoms with Gasteiger partial charge in [0, 0.05) is 25.3 Å². The van der Waals surface area contributed by atoms with Gasteiger partial charge < -0.3 is 9.30 Å². The Labute approximate surface area is 120 Å². The van der Waals surface area contributed by atoms with Gasteiger partial charge in [-0.15, -0.1) is 0 Å². The number of fused-ring (bicyclic) bond motifs is 1. The molecule has 0 N–H and O–H groups in total. The monoisotopic (exact) mass is 286 g/mol. The molecule has 1 aromatic carbocycles. The maximum Gasteiger partial charge on any atom is 0.342 e. The standard InChI is InChI=1S/C15H14N2O4/c1-16-10-6-4-3-5-9(10)13(15(20)21-2)14(16)17-11(18)7-8-12(17)19/h3-6H,7-8H2,1-2H3. The van der Waals surface area contributed by atoms with Crippen molar-refractivity contribution < 1.29 is 19.1 Å². The summed E-state index contributed by atoms with van der Waals surface area (Å²) in [5.41, 5.74) is 1.01. The Balaban J connectivity index is 2.35. The molecule has 21 heavy (non-hydrogen) atoms. The van der Waals surface area contributed by atoms with Crippen molar-refractivity contribution in [3.05, 3.63) is 29.8 Å². The molecule has 0 radical (unpaired) electrons. The van der Waals surface area contributed by atoms with E-state index in [1.807, 2.05) is 12.1 Å². The van der Waals surface area contributed by atoms with Crippen molar-refractivity contribution in [2.45, 2.75) is 12.8 Å². The quantitative estimate of drug-likeness (QED) is 0.621. The van der Waals surface area contributed by atoms with Crippen LogP contribution in [0.15, 0.2) is 24.3 Å². The molecule has 1 saturated heterocycles. The highest BCUT2D eigenvalue weighted by Gasteiger charge is 2.36. The van der Waals surface area contributed by atoms with Crippen LogP contribution in [-0.2, 0) is 21.4 Å². The first-order chi connectivity index (χ1) is 10.1. The van der Waals surface area contributed by atoms with Crippen LogP contribution in [0.2, 0.25) is 0 Å². The van der Waals surface area contributed by atoms with Crippen LogP contribution in [0.5, 0.6) is 0 Å². The number of rotatable bonds is 2. The lowest BCUT2D eigenvalue weighted by atomic mass is 10.1. The molecule has 6 heteroatoms. The van der Waals surface area contributed by atoms with E-state index in [0.29, 0.717) is 5.39 Å². The average Bonchev–Trinajstić information content (AvgIpc) is 2.96. The number of para-hydroxylation sites is 1. The van der Waals surface area contributed by atoms with Gasteiger partial charge in [-0.1, -0.05) is 18.2 Å². The van der Waals surface area contributed by atoms with Gasteiger partial charge in [-0.3, -0.25) is 9.59 Å². The van der Waals surface area contributed by atoms with E-state index < -0.39 is 5.97 Å². The number of amides is 2. The predicted molar refractivity (Wildman–Crippen MR) is 76.0 cm³/mol. The third-order valence-electron chi connectivity index (χ3n) is 3.73. The number of ether oxygens (including phenoxy) is 1. The van der Waals surface area contributed by atoms with Crippen LogP contribution in [0, 0.1) is 0 Å². The van der Waals surface area contributed by atoms with E-state index in [0.717, 1.165) is 10.4 Å². The number of carbonyl (C=O) groups is 3. The fraction of sp³-hybridized carbons (Fsp3) is 0.267. The number of anilines is 1. The normalized spacial score (nSPS) is 15.0. The molecule has 1 aliphatic rings. The Kier molecular flexibility index (Phi) is 3.01. The van der Waals surface area contributed by atoms with E-state index in [-0.39, 0.29) is 36.0 Å². The highest BCUT2D eigenvalue weighted by Crippen LogP contribution is 2.35. The molecule has 2 aromatic rings. The van der Waals surface area contributed by atoms with Crippen molar-refractivity contribution in [1.29, 1.82) is 0 Å². The second-order valence-electron chi connectivity index (χ2n) is 4.89. The Morgan fingerprint density at radius 1 is 1.14 bits per heavy atom. The van der Waals surface area contributed by atoms with Crippen molar-refractivity contribution in [2.24, 2.45) is 7.05 Å². The summed E-state index contributed by atoms with van der Waals surface area (Å²) in [6, 6.07) is 7.24. The number of hydrogen-bond acceptors (Lipinski definition) is 4. The number of hydrogen-bond donors (Lipinski definition) is 0. The summed E-state index contributed by atoms with van der Waals surface area (Å²) in [6.07, 6.45) is 0.335. The van der Waals surface area contributed by atoms with E-state index in [2.05, 4.69) is 0 Å². The van der Waals surface area contributed by atoms with Crippen LogP contribution >= 0.6 is 0 Å². The fourth-order valence-electron chi connectivity index (χ4n) is 2.76. The van der Waals surface area contributed by atoms with Gasteiger partial charge in [0.15, 0.2) is 0 Å². The van der Waals surface area contributed by atoms with Gasteiger partial charge in [0.2, 0.25) is 11.8 Å². The van der Waals surface area contributed by atoms with E-state index >= 15 is 0 Å². The van der Waals surface area contributed by atoms with E-state index in [4.69, 9.17) is 4.74 Å². The second kappa shape index (κ2) is 4.73. The molecular weight excluding hydrogens is 272 g/mol. The van der Waals surface area contributed by atoms with Gasteiger partial charge in [-0.2, -0.15) is 0 Å². The molecule has 3 rings (SSSR count). The minimum Gasteiger partial charge on any atom is -0.465 e. The number of nitrogens with zero attached hydrogens (tertiary/aromatic N) is 2. The Morgan fingerprint density at radius 2 is 1.76 bits per heavy atom. The summed E-state index contributed by atoms with van der Waals surface area (Å²) in [7, 11) is 3.00. The lowest BCUT2D eigenvalue weighted by molar-refractivity contribution is -0.121. The van der Waals surface area contributed by atoms with Gasteiger partial charge in [-0.25, -0.2) is 9.69 Å². The molecule has 1 aliphatic heterocycles. The largest absolute Gasteiger partial charge is 0.465 e. The molecule has 0 aliphatic carbocycles. The molecule has 2 amide bonds. The number of esters is 1. The van der Waals surface area contributed by atoms with Gasteiger partial charge in [0.05, 0.1) is 12.6 Å². The summed E-state index contributed by atoms with van der Waals surface area (Å²) in [6.45, 7) is 0. The maximum absolute atomic E-state index is 12.1. The number of imide groups is 1. The average molecular weight is 286 g/mol. The number of benzene rings is 1. The van der Waals surface area contributed by atoms with Gasteiger partial charge >= 0.3 is 5.97 Å². The number of methoxy groups -OCH3 is 1. The molecule has 1 fully saturated rings. The highest BCUT2D eigenvalue weighted by atomic mass is 16.5. The van der Waals surface area contributed by atoms with E-state index in [1.165, 1.54) is 7.11 Å². The lowest BCUT2D eigenvalue weighted by Gasteiger charge is -2.16. The Morgan fingerprint density at radius 3 is 2.38 bits per heavy atom. The molecule has 6 nitrogen and oxygen atoms in total. The zero-order valence-corrected chi connectivity index (χ0v) is 11.8. The lowest BCUT2D eigenvalue weighted by Crippen LogP contribution is -2.31. The summed E-state index contributed by atoms with van der Waals surface area (Å²) in [4.78, 5) is 37.3. The molecular formula is C15H14N2O4. The highest BCUT2D eigenvalue weighted by molar-refractivity contribution is 6.24. The van der Waals surface area contributed by atoms with Crippen molar-refractivity contribution in [2.75, 3.05) is 12.0 Å². The summed E-state index contributed by atoms with van der Waals surface area (Å²) >= 11 is 0. The number of aryl methyl sites for hydroxylation is 1. The first kappa shape index (κ1) is 13.4. The molecule has 0 bridgehead atoms. The molecule has 108 valence electrons. The molecule has 2 heterocycles. The van der Waals surface area contributed by atoms with Gasteiger partial charge in [0.25, 0.3) is 0 Å². The third-order valence-corrected chi connectivity index (χ3v) is 3.73. The zero-order valence-electron chi connectivity index (χ0n) is 11.8. The van der Waals surface area contributed by atoms with Gasteiger partial charge in [-0.05, 0) is 6.07 Å². The number of carbonyl (C=O) groups excluding carboxylic acids is 3. The molecule has 1 aromatic heterocycles. The van der Waals surface area contributed by atoms with Gasteiger partial charge in [0.1, 0.15) is 11.4 Å². The molecule has 0 unspecified atom stereocenters. The second-order valence-corrected chi connectivity index (χ2v) is 4.89. The third kappa shape index (κ3) is 1.83. The van der Waals surface area contributed by atoms with Crippen LogP contribution in [0.4, 0.5) is 5.82 Å². The molecule has 0 saturated carbocycles. The van der Waals surface area contributed by atoms with Crippen molar-refractivity contribution in [1.82, 2.24) is 4.57 Å². The number of aromatic nitrogens is 1. The van der Waals surface area contributed by atoms with E-state index in [1.54, 1.807) is 23.7 Å². The maximum atomic E-state index is 12.1. The predicted octanol–water partition coefficient (Wildman–Crippen LogP) is 1.62. The van der Waals surface area contributed by atoms with Crippen molar-refractivity contribution in [3.8, 4) is 0 Å². The topological polar surface area (TPSA) is 68.6 Å². The first-order valence-electron chi connectivity index (χ1n) is 6.57. The Hall–Kier alpha value is -2.63. The van der Waals surface area contributed by atoms with E-state index in [9.17, 15) is 14.4 Å². The minimum atomic E-state index is -0.561. The van der Waals surface area contributed by atoms with Crippen molar-refractivity contribution >= 4 is 34.5 Å². The smallest absolute Gasteiger partial charge is 0.342 e. The van der Waals surface area contributed by atoms with Crippen LogP contribution in [-0.4, -0.2) is 29.5 Å². The SMILES string of the molecule is COC(=O)c1c(N2C(=O)CCC2=O)n(C)c2ccccc12. The molecule has 0 atom stereocenters. The van der Waals surface area contributed by atoms with Crippen LogP contribution < -0.4 is 4.90 Å². The zero-order chi connectivity index (χ0) is 15.1. The van der Waals surface area contributed by atoms with Crippen LogP contribution in [0.1, 0.15) is 23.2 Å². The minimum absolute atomic E-state index is 0.168. The summed E-state index contributed by atoms with van der Waals surface area (Å²) in [5, 5.41) is 0.661.